The number of amides is 1. The van der Waals surface area contributed by atoms with Crippen molar-refractivity contribution in [1.82, 2.24) is 4.90 Å². The van der Waals surface area contributed by atoms with Crippen LogP contribution in [0.2, 0.25) is 0 Å². The Morgan fingerprint density at radius 1 is 1.50 bits per heavy atom. The lowest BCUT2D eigenvalue weighted by Gasteiger charge is -2.30. The van der Waals surface area contributed by atoms with Crippen molar-refractivity contribution in [3.8, 4) is 0 Å². The Labute approximate surface area is 97.2 Å². The molecule has 0 saturated carbocycles. The predicted molar refractivity (Wildman–Crippen MR) is 62.4 cm³/mol. The summed E-state index contributed by atoms with van der Waals surface area (Å²) in [6.07, 6.45) is 2.27. The monoisotopic (exact) mass is 227 g/mol. The van der Waals surface area contributed by atoms with Crippen LogP contribution < -0.4 is 0 Å². The molecule has 0 spiro atoms. The minimum absolute atomic E-state index is 0.0114. The second-order valence-corrected chi connectivity index (χ2v) is 4.88. The van der Waals surface area contributed by atoms with Gasteiger partial charge in [-0.15, -0.1) is 6.58 Å². The van der Waals surface area contributed by atoms with Crippen LogP contribution >= 0.6 is 0 Å². The predicted octanol–water partition coefficient (Wildman–Crippen LogP) is 2.20. The van der Waals surface area contributed by atoms with Gasteiger partial charge in [-0.05, 0) is 27.2 Å². The van der Waals surface area contributed by atoms with Crippen LogP contribution in [0.25, 0.3) is 0 Å². The van der Waals surface area contributed by atoms with Gasteiger partial charge in [-0.1, -0.05) is 6.08 Å². The van der Waals surface area contributed by atoms with Crippen molar-refractivity contribution in [2.45, 2.75) is 38.8 Å². The van der Waals surface area contributed by atoms with Crippen molar-refractivity contribution in [3.63, 3.8) is 0 Å². The van der Waals surface area contributed by atoms with Crippen LogP contribution in [0.5, 0.6) is 0 Å². The first kappa shape index (κ1) is 13.0. The smallest absolute Gasteiger partial charge is 0.410 e. The van der Waals surface area contributed by atoms with E-state index >= 15 is 0 Å². The van der Waals surface area contributed by atoms with Gasteiger partial charge in [0.2, 0.25) is 0 Å². The first-order valence-electron chi connectivity index (χ1n) is 5.64. The molecule has 92 valence electrons. The van der Waals surface area contributed by atoms with Crippen LogP contribution in [-0.2, 0) is 9.47 Å². The Morgan fingerprint density at radius 2 is 2.19 bits per heavy atom. The number of carbonyl (C=O) groups excluding carboxylic acids is 1. The van der Waals surface area contributed by atoms with Crippen LogP contribution in [0.1, 0.15) is 27.2 Å². The normalized spacial score (nSPS) is 22.4. The molecule has 1 atom stereocenters. The molecule has 0 N–H and O–H groups in total. The number of nitrogens with zero attached hydrogens (tertiary/aromatic N) is 1. The fourth-order valence-electron chi connectivity index (χ4n) is 1.58. The number of hydrogen-bond donors (Lipinski definition) is 0. The van der Waals surface area contributed by atoms with Crippen molar-refractivity contribution >= 4 is 6.09 Å². The maximum atomic E-state index is 11.9. The minimum atomic E-state index is -0.462. The van der Waals surface area contributed by atoms with Crippen LogP contribution in [-0.4, -0.2) is 42.4 Å². The van der Waals surface area contributed by atoms with Gasteiger partial charge in [-0.3, -0.25) is 4.90 Å². The zero-order valence-electron chi connectivity index (χ0n) is 10.4. The molecule has 0 aromatic carbocycles. The highest BCUT2D eigenvalue weighted by atomic mass is 16.6. The molecular weight excluding hydrogens is 206 g/mol. The number of ether oxygens (including phenoxy) is 2. The first-order chi connectivity index (χ1) is 7.44. The number of carbonyl (C=O) groups is 1. The lowest BCUT2D eigenvalue weighted by molar-refractivity contribution is 0.0197. The summed E-state index contributed by atoms with van der Waals surface area (Å²) in [5.41, 5.74) is -0.462. The Morgan fingerprint density at radius 3 is 2.75 bits per heavy atom. The summed E-state index contributed by atoms with van der Waals surface area (Å²) in [5.74, 6) is 0. The van der Waals surface area contributed by atoms with Crippen molar-refractivity contribution in [2.24, 2.45) is 0 Å². The summed E-state index contributed by atoms with van der Waals surface area (Å²) in [6, 6.07) is 0.0114. The molecule has 1 aliphatic heterocycles. The molecule has 0 radical (unpaired) electrons. The van der Waals surface area contributed by atoms with Gasteiger partial charge >= 0.3 is 6.09 Å². The minimum Gasteiger partial charge on any atom is -0.444 e. The van der Waals surface area contributed by atoms with E-state index < -0.39 is 5.60 Å². The van der Waals surface area contributed by atoms with E-state index in [0.29, 0.717) is 19.8 Å². The molecule has 4 nitrogen and oxygen atoms in total. The Kier molecular flexibility index (Phi) is 4.35. The summed E-state index contributed by atoms with van der Waals surface area (Å²) in [7, 11) is 0. The molecule has 4 heteroatoms. The van der Waals surface area contributed by atoms with Crippen LogP contribution in [0, 0.1) is 0 Å². The summed E-state index contributed by atoms with van der Waals surface area (Å²) >= 11 is 0. The van der Waals surface area contributed by atoms with Crippen molar-refractivity contribution in [3.05, 3.63) is 12.7 Å². The highest BCUT2D eigenvalue weighted by molar-refractivity contribution is 5.68. The molecule has 1 amide bonds. The summed E-state index contributed by atoms with van der Waals surface area (Å²) < 4.78 is 10.7. The fraction of sp³-hybridized carbons (Fsp3) is 0.750. The third kappa shape index (κ3) is 3.85. The van der Waals surface area contributed by atoms with Crippen LogP contribution in [0.4, 0.5) is 4.79 Å². The maximum absolute atomic E-state index is 11.9. The third-order valence-electron chi connectivity index (χ3n) is 2.33. The standard InChI is InChI=1S/C12H21NO3/c1-5-10-6-8-15-9-7-13(10)11(14)16-12(2,3)4/h5,10H,1,6-9H2,2-4H3. The summed E-state index contributed by atoms with van der Waals surface area (Å²) in [4.78, 5) is 13.6. The Hall–Kier alpha value is -1.03. The molecule has 0 bridgehead atoms. The van der Waals surface area contributed by atoms with E-state index in [9.17, 15) is 4.79 Å². The van der Waals surface area contributed by atoms with E-state index in [4.69, 9.17) is 9.47 Å². The van der Waals surface area contributed by atoms with E-state index in [0.717, 1.165) is 6.42 Å². The van der Waals surface area contributed by atoms with Gasteiger partial charge in [0.1, 0.15) is 5.60 Å². The highest BCUT2D eigenvalue weighted by Gasteiger charge is 2.27. The van der Waals surface area contributed by atoms with E-state index in [1.54, 1.807) is 11.0 Å². The summed E-state index contributed by atoms with van der Waals surface area (Å²) in [5, 5.41) is 0. The molecule has 1 rings (SSSR count). The number of hydrogen-bond acceptors (Lipinski definition) is 3. The average molecular weight is 227 g/mol. The molecule has 1 saturated heterocycles. The maximum Gasteiger partial charge on any atom is 0.410 e. The zero-order chi connectivity index (χ0) is 12.2. The SMILES string of the molecule is C=CC1CCOCCN1C(=O)OC(C)(C)C. The molecule has 1 aliphatic rings. The Balaban J connectivity index is 2.66. The van der Waals surface area contributed by atoms with Crippen LogP contribution in [0.15, 0.2) is 12.7 Å². The lowest BCUT2D eigenvalue weighted by atomic mass is 10.2. The zero-order valence-corrected chi connectivity index (χ0v) is 10.4. The molecule has 0 aliphatic carbocycles. The lowest BCUT2D eigenvalue weighted by Crippen LogP contribution is -2.43. The highest BCUT2D eigenvalue weighted by Crippen LogP contribution is 2.15. The van der Waals surface area contributed by atoms with E-state index in [2.05, 4.69) is 6.58 Å². The fourth-order valence-corrected chi connectivity index (χ4v) is 1.58. The number of rotatable bonds is 1. The second kappa shape index (κ2) is 5.34. The van der Waals surface area contributed by atoms with E-state index in [-0.39, 0.29) is 12.1 Å². The summed E-state index contributed by atoms with van der Waals surface area (Å²) in [6.45, 7) is 11.1. The molecular formula is C12H21NO3. The average Bonchev–Trinajstić information content (AvgIpc) is 2.39. The topological polar surface area (TPSA) is 38.8 Å². The largest absolute Gasteiger partial charge is 0.444 e. The van der Waals surface area contributed by atoms with Gasteiger partial charge in [0.15, 0.2) is 0 Å². The van der Waals surface area contributed by atoms with Crippen molar-refractivity contribution < 1.29 is 14.3 Å². The molecule has 1 fully saturated rings. The molecule has 1 unspecified atom stereocenters. The van der Waals surface area contributed by atoms with E-state index in [1.807, 2.05) is 20.8 Å². The van der Waals surface area contributed by atoms with Gasteiger partial charge in [0.05, 0.1) is 12.6 Å². The quantitative estimate of drug-likeness (QED) is 0.645. The van der Waals surface area contributed by atoms with Gasteiger partial charge < -0.3 is 9.47 Å². The molecule has 0 aromatic rings. The molecule has 1 heterocycles. The van der Waals surface area contributed by atoms with Gasteiger partial charge in [0, 0.05) is 13.2 Å². The van der Waals surface area contributed by atoms with Crippen molar-refractivity contribution in [1.29, 1.82) is 0 Å². The van der Waals surface area contributed by atoms with E-state index in [1.165, 1.54) is 0 Å². The molecule has 0 aromatic heterocycles. The Bertz CT molecular complexity index is 257. The van der Waals surface area contributed by atoms with Crippen LogP contribution in [0.3, 0.4) is 0 Å². The van der Waals surface area contributed by atoms with Gasteiger partial charge in [-0.25, -0.2) is 4.79 Å². The van der Waals surface area contributed by atoms with Crippen molar-refractivity contribution in [2.75, 3.05) is 19.8 Å². The van der Waals surface area contributed by atoms with Gasteiger partial charge in [-0.2, -0.15) is 0 Å². The molecule has 16 heavy (non-hydrogen) atoms. The first-order valence-corrected chi connectivity index (χ1v) is 5.64. The second-order valence-electron chi connectivity index (χ2n) is 4.88. The van der Waals surface area contributed by atoms with Gasteiger partial charge in [0.25, 0.3) is 0 Å². The third-order valence-corrected chi connectivity index (χ3v) is 2.33.